The summed E-state index contributed by atoms with van der Waals surface area (Å²) in [5, 5.41) is 5.60. The molecule has 6 N–H and O–H groups in total. The lowest BCUT2D eigenvalue weighted by Crippen LogP contribution is -2.53. The van der Waals surface area contributed by atoms with Gasteiger partial charge in [0, 0.05) is 6.42 Å². The number of unbranched alkanes of at least 4 members (excludes halogenated alkanes) is 13. The van der Waals surface area contributed by atoms with Gasteiger partial charge in [-0.25, -0.2) is 0 Å². The molecular formula is C27H54N4O3S. The Hall–Kier alpha value is -1.28. The zero-order valence-electron chi connectivity index (χ0n) is 22.6. The van der Waals surface area contributed by atoms with Crippen molar-refractivity contribution in [1.82, 2.24) is 10.6 Å². The number of hydrogen-bond donors (Lipinski definition) is 4. The Kier molecular flexibility index (Phi) is 23.5. The molecule has 35 heavy (non-hydrogen) atoms. The van der Waals surface area contributed by atoms with Crippen molar-refractivity contribution in [3.05, 3.63) is 0 Å². The fraction of sp³-hybridized carbons (Fsp3) is 0.889. The third-order valence-electron chi connectivity index (χ3n) is 6.38. The summed E-state index contributed by atoms with van der Waals surface area (Å²) in [6.45, 7) is 2.79. The van der Waals surface area contributed by atoms with E-state index in [0.717, 1.165) is 37.9 Å². The Balaban J connectivity index is 4.16. The molecule has 0 aliphatic rings. The predicted octanol–water partition coefficient (Wildman–Crippen LogP) is 4.80. The van der Waals surface area contributed by atoms with Gasteiger partial charge in [-0.05, 0) is 50.7 Å². The van der Waals surface area contributed by atoms with Crippen LogP contribution in [0.4, 0.5) is 0 Å². The molecule has 2 atom stereocenters. The highest BCUT2D eigenvalue weighted by molar-refractivity contribution is 7.98. The van der Waals surface area contributed by atoms with Crippen molar-refractivity contribution in [2.75, 3.05) is 18.6 Å². The molecule has 0 aliphatic carbocycles. The Morgan fingerprint density at radius 3 is 1.74 bits per heavy atom. The molecular weight excluding hydrogens is 460 g/mol. The first kappa shape index (κ1) is 33.7. The number of rotatable bonds is 25. The summed E-state index contributed by atoms with van der Waals surface area (Å²) in [6, 6.07) is -1.38. The van der Waals surface area contributed by atoms with Crippen molar-refractivity contribution in [2.45, 2.75) is 135 Å². The zero-order valence-corrected chi connectivity index (χ0v) is 23.4. The summed E-state index contributed by atoms with van der Waals surface area (Å²) in [5.41, 5.74) is 11.0. The van der Waals surface area contributed by atoms with Crippen LogP contribution in [0.5, 0.6) is 0 Å². The fourth-order valence-corrected chi connectivity index (χ4v) is 4.60. The van der Waals surface area contributed by atoms with E-state index in [4.69, 9.17) is 11.5 Å². The Morgan fingerprint density at radius 2 is 1.26 bits per heavy atom. The molecule has 0 radical (unpaired) electrons. The van der Waals surface area contributed by atoms with Crippen LogP contribution in [0.1, 0.15) is 122 Å². The van der Waals surface area contributed by atoms with Gasteiger partial charge >= 0.3 is 0 Å². The van der Waals surface area contributed by atoms with Gasteiger partial charge in [-0.3, -0.25) is 14.4 Å². The van der Waals surface area contributed by atoms with E-state index in [1.165, 1.54) is 64.2 Å². The average molecular weight is 515 g/mol. The topological polar surface area (TPSA) is 127 Å². The second kappa shape index (κ2) is 24.4. The van der Waals surface area contributed by atoms with Crippen LogP contribution in [0.2, 0.25) is 0 Å². The number of amides is 3. The third kappa shape index (κ3) is 20.6. The number of nitrogens with one attached hydrogen (secondary N) is 2. The fourth-order valence-electron chi connectivity index (χ4n) is 4.13. The van der Waals surface area contributed by atoms with E-state index < -0.39 is 18.0 Å². The standard InChI is InChI=1S/C27H54N4O3S/c1-3-4-5-6-7-8-9-10-11-12-13-14-15-19-25(32)30-24(18-16-17-21-28)27(34)31-23(26(29)33)20-22-35-2/h23-24H,3-22,28H2,1-2H3,(H2,29,33)(H,30,32)(H,31,34)/t23-,24-/m0/s1. The molecule has 0 fully saturated rings. The molecule has 0 aromatic heterocycles. The smallest absolute Gasteiger partial charge is 0.243 e. The van der Waals surface area contributed by atoms with Crippen LogP contribution in [-0.4, -0.2) is 48.4 Å². The van der Waals surface area contributed by atoms with E-state index in [0.29, 0.717) is 25.8 Å². The summed E-state index contributed by atoms with van der Waals surface area (Å²) in [5.74, 6) is -0.283. The van der Waals surface area contributed by atoms with Gasteiger partial charge < -0.3 is 22.1 Å². The molecule has 8 heteroatoms. The quantitative estimate of drug-likeness (QED) is 0.130. The zero-order chi connectivity index (χ0) is 26.2. The van der Waals surface area contributed by atoms with Gasteiger partial charge in [-0.1, -0.05) is 84.0 Å². The van der Waals surface area contributed by atoms with Crippen LogP contribution in [0.3, 0.4) is 0 Å². The van der Waals surface area contributed by atoms with Crippen molar-refractivity contribution in [3.63, 3.8) is 0 Å². The maximum atomic E-state index is 12.8. The predicted molar refractivity (Wildman–Crippen MR) is 149 cm³/mol. The molecule has 206 valence electrons. The molecule has 0 aliphatic heterocycles. The summed E-state index contributed by atoms with van der Waals surface area (Å²) < 4.78 is 0. The average Bonchev–Trinajstić information content (AvgIpc) is 2.83. The highest BCUT2D eigenvalue weighted by Crippen LogP contribution is 2.13. The van der Waals surface area contributed by atoms with Crippen LogP contribution in [0.15, 0.2) is 0 Å². The van der Waals surface area contributed by atoms with Crippen molar-refractivity contribution in [2.24, 2.45) is 11.5 Å². The maximum absolute atomic E-state index is 12.8. The van der Waals surface area contributed by atoms with E-state index in [-0.39, 0.29) is 11.8 Å². The van der Waals surface area contributed by atoms with Crippen LogP contribution in [-0.2, 0) is 14.4 Å². The van der Waals surface area contributed by atoms with Crippen LogP contribution in [0, 0.1) is 0 Å². The van der Waals surface area contributed by atoms with E-state index in [1.54, 1.807) is 11.8 Å². The SMILES string of the molecule is CCCCCCCCCCCCCCCC(=O)N[C@@H](CCCCN)C(=O)N[C@@H](CCSC)C(N)=O. The van der Waals surface area contributed by atoms with Crippen molar-refractivity contribution < 1.29 is 14.4 Å². The first-order valence-electron chi connectivity index (χ1n) is 14.0. The van der Waals surface area contributed by atoms with E-state index in [9.17, 15) is 14.4 Å². The lowest BCUT2D eigenvalue weighted by atomic mass is 10.0. The van der Waals surface area contributed by atoms with Crippen molar-refractivity contribution in [1.29, 1.82) is 0 Å². The molecule has 0 aromatic rings. The first-order chi connectivity index (χ1) is 17.0. The molecule has 0 unspecified atom stereocenters. The van der Waals surface area contributed by atoms with E-state index >= 15 is 0 Å². The van der Waals surface area contributed by atoms with Crippen molar-refractivity contribution >= 4 is 29.5 Å². The molecule has 0 aromatic carbocycles. The van der Waals surface area contributed by atoms with Gasteiger partial charge in [-0.15, -0.1) is 0 Å². The number of hydrogen-bond acceptors (Lipinski definition) is 5. The van der Waals surface area contributed by atoms with Gasteiger partial charge in [0.25, 0.3) is 0 Å². The number of carbonyl (C=O) groups excluding carboxylic acids is 3. The Morgan fingerprint density at radius 1 is 0.714 bits per heavy atom. The number of thioether (sulfide) groups is 1. The van der Waals surface area contributed by atoms with Gasteiger partial charge in [0.05, 0.1) is 0 Å². The van der Waals surface area contributed by atoms with Crippen LogP contribution < -0.4 is 22.1 Å². The summed E-state index contributed by atoms with van der Waals surface area (Å²) >= 11 is 1.59. The molecule has 0 saturated heterocycles. The highest BCUT2D eigenvalue weighted by Gasteiger charge is 2.25. The van der Waals surface area contributed by atoms with Crippen LogP contribution in [0.25, 0.3) is 0 Å². The second-order valence-corrected chi connectivity index (χ2v) is 10.6. The lowest BCUT2D eigenvalue weighted by molar-refractivity contribution is -0.131. The van der Waals surface area contributed by atoms with Crippen LogP contribution >= 0.6 is 11.8 Å². The van der Waals surface area contributed by atoms with Crippen molar-refractivity contribution in [3.8, 4) is 0 Å². The Labute approximate surface area is 219 Å². The third-order valence-corrected chi connectivity index (χ3v) is 7.02. The minimum atomic E-state index is -0.718. The highest BCUT2D eigenvalue weighted by atomic mass is 32.2. The summed E-state index contributed by atoms with van der Waals surface area (Å²) in [7, 11) is 0. The minimum absolute atomic E-state index is 0.110. The molecule has 3 amide bonds. The molecule has 0 saturated carbocycles. The number of nitrogens with two attached hydrogens (primary N) is 2. The summed E-state index contributed by atoms with van der Waals surface area (Å²) in [6.07, 6.45) is 21.2. The summed E-state index contributed by atoms with van der Waals surface area (Å²) in [4.78, 5) is 36.9. The normalized spacial score (nSPS) is 12.8. The number of carbonyl (C=O) groups is 3. The van der Waals surface area contributed by atoms with Gasteiger partial charge in [0.15, 0.2) is 0 Å². The van der Waals surface area contributed by atoms with Gasteiger partial charge in [0.1, 0.15) is 12.1 Å². The first-order valence-corrected chi connectivity index (χ1v) is 15.4. The monoisotopic (exact) mass is 514 g/mol. The second-order valence-electron chi connectivity index (χ2n) is 9.64. The molecule has 0 bridgehead atoms. The molecule has 0 heterocycles. The van der Waals surface area contributed by atoms with E-state index in [1.807, 2.05) is 6.26 Å². The Bertz CT molecular complexity index is 549. The molecule has 0 rings (SSSR count). The van der Waals surface area contributed by atoms with E-state index in [2.05, 4.69) is 17.6 Å². The van der Waals surface area contributed by atoms with Gasteiger partial charge in [0.2, 0.25) is 17.7 Å². The largest absolute Gasteiger partial charge is 0.368 e. The molecule has 7 nitrogen and oxygen atoms in total. The minimum Gasteiger partial charge on any atom is -0.368 e. The van der Waals surface area contributed by atoms with Gasteiger partial charge in [-0.2, -0.15) is 11.8 Å². The maximum Gasteiger partial charge on any atom is 0.243 e. The lowest BCUT2D eigenvalue weighted by Gasteiger charge is -2.22. The number of primary amides is 1. The molecule has 0 spiro atoms.